The minimum Gasteiger partial charge on any atom is -0.335 e. The minimum atomic E-state index is -0.174. The van der Waals surface area contributed by atoms with Gasteiger partial charge in [-0.3, -0.25) is 4.79 Å². The Hall–Kier alpha value is -1.62. The van der Waals surface area contributed by atoms with Crippen LogP contribution >= 0.6 is 34.5 Å². The third-order valence-electron chi connectivity index (χ3n) is 3.22. The molecule has 1 amide bonds. The van der Waals surface area contributed by atoms with Crippen LogP contribution in [-0.2, 0) is 6.54 Å². The van der Waals surface area contributed by atoms with E-state index in [1.54, 1.807) is 41.5 Å². The highest BCUT2D eigenvalue weighted by Gasteiger charge is 2.17. The molecule has 0 fully saturated rings. The molecule has 3 aromatic rings. The standard InChI is InChI=1S/C16H12Cl2N2OS/c1-20(16(21)11-8-10(17)6-7-12(11)18)9-15-19-13-4-2-3-5-14(13)22-15/h2-8H,9H2,1H3. The lowest BCUT2D eigenvalue weighted by molar-refractivity contribution is 0.0785. The predicted molar refractivity (Wildman–Crippen MR) is 91.9 cm³/mol. The van der Waals surface area contributed by atoms with E-state index in [0.29, 0.717) is 22.2 Å². The van der Waals surface area contributed by atoms with Gasteiger partial charge >= 0.3 is 0 Å². The average molecular weight is 351 g/mol. The molecule has 0 atom stereocenters. The van der Waals surface area contributed by atoms with Gasteiger partial charge in [-0.15, -0.1) is 11.3 Å². The lowest BCUT2D eigenvalue weighted by Gasteiger charge is -2.16. The second-order valence-electron chi connectivity index (χ2n) is 4.86. The average Bonchev–Trinajstić information content (AvgIpc) is 2.91. The van der Waals surface area contributed by atoms with Crippen molar-refractivity contribution in [1.82, 2.24) is 9.88 Å². The zero-order chi connectivity index (χ0) is 15.7. The molecule has 22 heavy (non-hydrogen) atoms. The van der Waals surface area contributed by atoms with E-state index in [2.05, 4.69) is 4.98 Å². The maximum atomic E-state index is 12.5. The highest BCUT2D eigenvalue weighted by atomic mass is 35.5. The zero-order valence-corrected chi connectivity index (χ0v) is 14.0. The number of fused-ring (bicyclic) bond motifs is 1. The van der Waals surface area contributed by atoms with Crippen molar-refractivity contribution < 1.29 is 4.79 Å². The maximum Gasteiger partial charge on any atom is 0.255 e. The number of aromatic nitrogens is 1. The number of benzene rings is 2. The Labute approximate surface area is 142 Å². The number of hydrogen-bond acceptors (Lipinski definition) is 3. The molecule has 0 N–H and O–H groups in total. The van der Waals surface area contributed by atoms with E-state index < -0.39 is 0 Å². The normalized spacial score (nSPS) is 10.9. The van der Waals surface area contributed by atoms with Gasteiger partial charge in [-0.1, -0.05) is 35.3 Å². The molecule has 112 valence electrons. The number of carbonyl (C=O) groups is 1. The van der Waals surface area contributed by atoms with Crippen LogP contribution in [0.3, 0.4) is 0 Å². The smallest absolute Gasteiger partial charge is 0.255 e. The summed E-state index contributed by atoms with van der Waals surface area (Å²) in [6.07, 6.45) is 0. The number of rotatable bonds is 3. The Kier molecular flexibility index (Phi) is 4.34. The predicted octanol–water partition coefficient (Wildman–Crippen LogP) is 4.88. The first-order chi connectivity index (χ1) is 10.5. The highest BCUT2D eigenvalue weighted by Crippen LogP contribution is 2.25. The third kappa shape index (κ3) is 3.09. The summed E-state index contributed by atoms with van der Waals surface area (Å²) < 4.78 is 1.11. The first-order valence-electron chi connectivity index (χ1n) is 6.59. The second-order valence-corrected chi connectivity index (χ2v) is 6.82. The first-order valence-corrected chi connectivity index (χ1v) is 8.17. The lowest BCUT2D eigenvalue weighted by Crippen LogP contribution is -2.26. The monoisotopic (exact) mass is 350 g/mol. The van der Waals surface area contributed by atoms with Gasteiger partial charge in [0.05, 0.1) is 27.3 Å². The van der Waals surface area contributed by atoms with E-state index in [-0.39, 0.29) is 5.91 Å². The molecule has 3 rings (SSSR count). The number of hydrogen-bond donors (Lipinski definition) is 0. The molecule has 0 aliphatic carbocycles. The molecule has 0 aliphatic rings. The van der Waals surface area contributed by atoms with Crippen molar-refractivity contribution in [1.29, 1.82) is 0 Å². The fourth-order valence-corrected chi connectivity index (χ4v) is 3.52. The SMILES string of the molecule is CN(Cc1nc2ccccc2s1)C(=O)c1cc(Cl)ccc1Cl. The Bertz CT molecular complexity index is 814. The van der Waals surface area contributed by atoms with Crippen molar-refractivity contribution in [3.8, 4) is 0 Å². The molecule has 0 unspecified atom stereocenters. The molecule has 0 radical (unpaired) electrons. The van der Waals surface area contributed by atoms with Gasteiger partial charge in [-0.25, -0.2) is 4.98 Å². The van der Waals surface area contributed by atoms with E-state index >= 15 is 0 Å². The summed E-state index contributed by atoms with van der Waals surface area (Å²) >= 11 is 13.6. The number of thiazole rings is 1. The number of amides is 1. The van der Waals surface area contributed by atoms with E-state index in [1.807, 2.05) is 24.3 Å². The molecule has 0 bridgehead atoms. The highest BCUT2D eigenvalue weighted by molar-refractivity contribution is 7.18. The van der Waals surface area contributed by atoms with E-state index in [4.69, 9.17) is 23.2 Å². The van der Waals surface area contributed by atoms with E-state index in [0.717, 1.165) is 15.2 Å². The fourth-order valence-electron chi connectivity index (χ4n) is 2.13. The summed E-state index contributed by atoms with van der Waals surface area (Å²) in [6.45, 7) is 0.432. The van der Waals surface area contributed by atoms with Gasteiger partial charge < -0.3 is 4.90 Å². The van der Waals surface area contributed by atoms with Crippen molar-refractivity contribution in [2.24, 2.45) is 0 Å². The van der Waals surface area contributed by atoms with Gasteiger partial charge in [0.1, 0.15) is 5.01 Å². The number of carbonyl (C=O) groups excluding carboxylic acids is 1. The molecule has 2 aromatic carbocycles. The molecule has 0 spiro atoms. The van der Waals surface area contributed by atoms with Crippen LogP contribution in [0, 0.1) is 0 Å². The molecular formula is C16H12Cl2N2OS. The van der Waals surface area contributed by atoms with Crippen LogP contribution < -0.4 is 0 Å². The Balaban J connectivity index is 1.82. The maximum absolute atomic E-state index is 12.5. The fraction of sp³-hybridized carbons (Fsp3) is 0.125. The van der Waals surface area contributed by atoms with Gasteiger partial charge in [0.25, 0.3) is 5.91 Å². The topological polar surface area (TPSA) is 33.2 Å². The zero-order valence-electron chi connectivity index (χ0n) is 11.7. The summed E-state index contributed by atoms with van der Waals surface area (Å²) in [5, 5.41) is 1.77. The summed E-state index contributed by atoms with van der Waals surface area (Å²) in [6, 6.07) is 12.8. The van der Waals surface area contributed by atoms with Crippen LogP contribution in [0.1, 0.15) is 15.4 Å². The number of para-hydroxylation sites is 1. The lowest BCUT2D eigenvalue weighted by atomic mass is 10.2. The largest absolute Gasteiger partial charge is 0.335 e. The van der Waals surface area contributed by atoms with Gasteiger partial charge in [-0.2, -0.15) is 0 Å². The first kappa shape index (κ1) is 15.3. The van der Waals surface area contributed by atoms with Gasteiger partial charge in [0, 0.05) is 12.1 Å². The summed E-state index contributed by atoms with van der Waals surface area (Å²) in [5.41, 5.74) is 1.35. The summed E-state index contributed by atoms with van der Waals surface area (Å²) in [4.78, 5) is 18.6. The minimum absolute atomic E-state index is 0.174. The molecule has 6 heteroatoms. The second kappa shape index (κ2) is 6.24. The third-order valence-corrected chi connectivity index (χ3v) is 4.80. The van der Waals surface area contributed by atoms with Crippen LogP contribution in [0.2, 0.25) is 10.0 Å². The van der Waals surface area contributed by atoms with Crippen LogP contribution in [-0.4, -0.2) is 22.8 Å². The molecular weight excluding hydrogens is 339 g/mol. The quantitative estimate of drug-likeness (QED) is 0.674. The molecule has 1 aromatic heterocycles. The van der Waals surface area contributed by atoms with Gasteiger partial charge in [-0.05, 0) is 30.3 Å². The molecule has 0 saturated heterocycles. The van der Waals surface area contributed by atoms with E-state index in [1.165, 1.54) is 0 Å². The van der Waals surface area contributed by atoms with Crippen molar-refractivity contribution >= 4 is 50.7 Å². The van der Waals surface area contributed by atoms with Crippen LogP contribution in [0.5, 0.6) is 0 Å². The Morgan fingerprint density at radius 3 is 2.77 bits per heavy atom. The van der Waals surface area contributed by atoms with Crippen molar-refractivity contribution in [3.05, 3.63) is 63.1 Å². The van der Waals surface area contributed by atoms with Crippen LogP contribution in [0.15, 0.2) is 42.5 Å². The number of nitrogens with zero attached hydrogens (tertiary/aromatic N) is 2. The van der Waals surface area contributed by atoms with Gasteiger partial charge in [0.2, 0.25) is 0 Å². The Morgan fingerprint density at radius 2 is 2.00 bits per heavy atom. The van der Waals surface area contributed by atoms with Crippen molar-refractivity contribution in [2.75, 3.05) is 7.05 Å². The summed E-state index contributed by atoms with van der Waals surface area (Å²) in [5.74, 6) is -0.174. The molecule has 3 nitrogen and oxygen atoms in total. The van der Waals surface area contributed by atoms with Crippen LogP contribution in [0.25, 0.3) is 10.2 Å². The summed E-state index contributed by atoms with van der Waals surface area (Å²) in [7, 11) is 1.73. The van der Waals surface area contributed by atoms with E-state index in [9.17, 15) is 4.79 Å². The van der Waals surface area contributed by atoms with Crippen LogP contribution in [0.4, 0.5) is 0 Å². The number of halogens is 2. The van der Waals surface area contributed by atoms with Crippen molar-refractivity contribution in [2.45, 2.75) is 6.54 Å². The molecule has 1 heterocycles. The van der Waals surface area contributed by atoms with Gasteiger partial charge in [0.15, 0.2) is 0 Å². The Morgan fingerprint density at radius 1 is 1.23 bits per heavy atom. The molecule has 0 aliphatic heterocycles. The molecule has 0 saturated carbocycles. The van der Waals surface area contributed by atoms with Crippen molar-refractivity contribution in [3.63, 3.8) is 0 Å².